The molecule has 0 radical (unpaired) electrons. The number of aromatic nitrogens is 1. The highest BCUT2D eigenvalue weighted by Gasteiger charge is 2.21. The van der Waals surface area contributed by atoms with Gasteiger partial charge in [0, 0.05) is 6.07 Å². The van der Waals surface area contributed by atoms with E-state index in [1.54, 1.807) is 0 Å². The molecule has 0 saturated carbocycles. The maximum atomic E-state index is 10.5. The fourth-order valence-corrected chi connectivity index (χ4v) is 1.03. The summed E-state index contributed by atoms with van der Waals surface area (Å²) in [5.74, 6) is -0.253. The van der Waals surface area contributed by atoms with Crippen LogP contribution in [-0.2, 0) is 0 Å². The molecule has 0 aromatic carbocycles. The van der Waals surface area contributed by atoms with Crippen LogP contribution < -0.4 is 10.5 Å². The Labute approximate surface area is 78.4 Å². The molecule has 13 heavy (non-hydrogen) atoms. The zero-order chi connectivity index (χ0) is 10.0. The average molecular weight is 204 g/mol. The van der Waals surface area contributed by atoms with Gasteiger partial charge in [0.2, 0.25) is 11.6 Å². The second kappa shape index (κ2) is 3.44. The number of nitrogens with two attached hydrogens (primary N) is 1. The first-order valence-electron chi connectivity index (χ1n) is 3.20. The van der Waals surface area contributed by atoms with E-state index >= 15 is 0 Å². The number of hydrogen-bond acceptors (Lipinski definition) is 5. The topological polar surface area (TPSA) is 91.3 Å². The van der Waals surface area contributed by atoms with E-state index in [0.717, 1.165) is 0 Å². The van der Waals surface area contributed by atoms with Crippen molar-refractivity contribution in [2.24, 2.45) is 0 Å². The molecule has 0 unspecified atom stereocenters. The molecule has 2 N–H and O–H groups in total. The number of nitrogen functional groups attached to an aromatic ring is 1. The highest BCUT2D eigenvalue weighted by atomic mass is 35.5. The van der Waals surface area contributed by atoms with E-state index in [1.165, 1.54) is 13.2 Å². The second-order valence-electron chi connectivity index (χ2n) is 2.14. The molecule has 1 heterocycles. The van der Waals surface area contributed by atoms with Crippen LogP contribution in [0.2, 0.25) is 5.15 Å². The first-order valence-corrected chi connectivity index (χ1v) is 3.58. The number of methoxy groups -OCH3 is 1. The lowest BCUT2D eigenvalue weighted by molar-refractivity contribution is -0.385. The fourth-order valence-electron chi connectivity index (χ4n) is 0.842. The molecule has 70 valence electrons. The first kappa shape index (κ1) is 9.53. The van der Waals surface area contributed by atoms with Crippen molar-refractivity contribution in [1.29, 1.82) is 0 Å². The minimum atomic E-state index is -0.669. The lowest BCUT2D eigenvalue weighted by atomic mass is 10.3. The lowest BCUT2D eigenvalue weighted by Gasteiger charge is -2.02. The molecule has 0 aliphatic rings. The molecule has 0 atom stereocenters. The van der Waals surface area contributed by atoms with Crippen LogP contribution in [0, 0.1) is 10.1 Å². The van der Waals surface area contributed by atoms with Gasteiger partial charge in [-0.2, -0.15) is 0 Å². The summed E-state index contributed by atoms with van der Waals surface area (Å²) in [5.41, 5.74) is 4.91. The molecule has 0 bridgehead atoms. The van der Waals surface area contributed by atoms with Gasteiger partial charge in [0.15, 0.2) is 0 Å². The van der Waals surface area contributed by atoms with Crippen LogP contribution in [0.25, 0.3) is 0 Å². The largest absolute Gasteiger partial charge is 0.490 e. The second-order valence-corrected chi connectivity index (χ2v) is 2.53. The Morgan fingerprint density at radius 1 is 1.77 bits per heavy atom. The van der Waals surface area contributed by atoms with Crippen molar-refractivity contribution in [3.8, 4) is 5.75 Å². The molecule has 0 aliphatic carbocycles. The predicted octanol–water partition coefficient (Wildman–Crippen LogP) is 1.23. The van der Waals surface area contributed by atoms with Gasteiger partial charge in [-0.15, -0.1) is 0 Å². The van der Waals surface area contributed by atoms with Gasteiger partial charge in [-0.25, -0.2) is 4.98 Å². The Bertz CT molecular complexity index is 355. The maximum absolute atomic E-state index is 10.5. The van der Waals surface area contributed by atoms with Crippen LogP contribution in [0.1, 0.15) is 0 Å². The van der Waals surface area contributed by atoms with Crippen LogP contribution in [0.15, 0.2) is 6.07 Å². The van der Waals surface area contributed by atoms with Gasteiger partial charge >= 0.3 is 5.69 Å². The number of ether oxygens (including phenoxy) is 1. The minimum Gasteiger partial charge on any atom is -0.490 e. The Hall–Kier alpha value is -1.56. The SMILES string of the molecule is COc1cc(Cl)nc(N)c1[N+](=O)[O-]. The standard InChI is InChI=1S/C6H6ClN3O3/c1-13-3-2-4(7)9-6(8)5(3)10(11)12/h2H,1H3,(H2,8,9). The molecule has 1 rings (SSSR count). The smallest absolute Gasteiger partial charge is 0.352 e. The molecule has 0 fully saturated rings. The van der Waals surface area contributed by atoms with Crippen molar-refractivity contribution >= 4 is 23.1 Å². The Morgan fingerprint density at radius 3 is 2.85 bits per heavy atom. The van der Waals surface area contributed by atoms with Crippen LogP contribution in [0.4, 0.5) is 11.5 Å². The Morgan fingerprint density at radius 2 is 2.38 bits per heavy atom. The van der Waals surface area contributed by atoms with Crippen molar-refractivity contribution in [3.63, 3.8) is 0 Å². The summed E-state index contributed by atoms with van der Waals surface area (Å²) in [7, 11) is 1.29. The molecule has 0 spiro atoms. The zero-order valence-corrected chi connectivity index (χ0v) is 7.41. The molecule has 1 aromatic heterocycles. The quantitative estimate of drug-likeness (QED) is 0.444. The maximum Gasteiger partial charge on any atom is 0.352 e. The number of rotatable bonds is 2. The molecular weight excluding hydrogens is 198 g/mol. The van der Waals surface area contributed by atoms with Crippen LogP contribution in [0.5, 0.6) is 5.75 Å². The molecule has 7 heteroatoms. The summed E-state index contributed by atoms with van der Waals surface area (Å²) < 4.78 is 4.72. The van der Waals surface area contributed by atoms with Gasteiger partial charge in [0.1, 0.15) is 5.15 Å². The minimum absolute atomic E-state index is 0.00231. The number of pyridine rings is 1. The monoisotopic (exact) mass is 203 g/mol. The van der Waals surface area contributed by atoms with E-state index in [9.17, 15) is 10.1 Å². The molecular formula is C6H6ClN3O3. The third-order valence-electron chi connectivity index (χ3n) is 1.36. The van der Waals surface area contributed by atoms with Crippen LogP contribution >= 0.6 is 11.6 Å². The third kappa shape index (κ3) is 1.78. The first-order chi connectivity index (χ1) is 6.06. The number of nitro groups is 1. The van der Waals surface area contributed by atoms with Crippen molar-refractivity contribution < 1.29 is 9.66 Å². The Kier molecular flexibility index (Phi) is 2.52. The number of anilines is 1. The normalized spacial score (nSPS) is 9.69. The Balaban J connectivity index is 3.38. The molecule has 6 nitrogen and oxygen atoms in total. The van der Waals surface area contributed by atoms with E-state index in [0.29, 0.717) is 0 Å². The van der Waals surface area contributed by atoms with Gasteiger partial charge < -0.3 is 10.5 Å². The van der Waals surface area contributed by atoms with Crippen LogP contribution in [0.3, 0.4) is 0 Å². The van der Waals surface area contributed by atoms with E-state index in [4.69, 9.17) is 22.1 Å². The van der Waals surface area contributed by atoms with Gasteiger partial charge in [-0.1, -0.05) is 11.6 Å². The summed E-state index contributed by atoms with van der Waals surface area (Å²) in [6.07, 6.45) is 0. The highest BCUT2D eigenvalue weighted by molar-refractivity contribution is 6.29. The van der Waals surface area contributed by atoms with Crippen molar-refractivity contribution in [1.82, 2.24) is 4.98 Å². The summed E-state index contributed by atoms with van der Waals surface area (Å²) in [5, 5.41) is 10.5. The number of halogens is 1. The summed E-state index contributed by atoms with van der Waals surface area (Å²) >= 11 is 5.51. The van der Waals surface area contributed by atoms with Gasteiger partial charge in [-0.05, 0) is 0 Å². The van der Waals surface area contributed by atoms with Gasteiger partial charge in [0.05, 0.1) is 12.0 Å². The fraction of sp³-hybridized carbons (Fsp3) is 0.167. The number of nitrogens with zero attached hydrogens (tertiary/aromatic N) is 2. The molecule has 1 aromatic rings. The average Bonchev–Trinajstić information content (AvgIpc) is 2.01. The number of hydrogen-bond donors (Lipinski definition) is 1. The van der Waals surface area contributed by atoms with E-state index < -0.39 is 4.92 Å². The third-order valence-corrected chi connectivity index (χ3v) is 1.55. The van der Waals surface area contributed by atoms with E-state index in [-0.39, 0.29) is 22.4 Å². The lowest BCUT2D eigenvalue weighted by Crippen LogP contribution is -2.01. The summed E-state index contributed by atoms with van der Waals surface area (Å²) in [4.78, 5) is 13.3. The van der Waals surface area contributed by atoms with Gasteiger partial charge in [-0.3, -0.25) is 10.1 Å². The van der Waals surface area contributed by atoms with Crippen molar-refractivity contribution in [3.05, 3.63) is 21.3 Å². The van der Waals surface area contributed by atoms with Crippen molar-refractivity contribution in [2.75, 3.05) is 12.8 Å². The molecule has 0 saturated heterocycles. The molecule has 0 amide bonds. The van der Waals surface area contributed by atoms with E-state index in [2.05, 4.69) is 4.98 Å². The highest BCUT2D eigenvalue weighted by Crippen LogP contribution is 2.33. The van der Waals surface area contributed by atoms with Crippen molar-refractivity contribution in [2.45, 2.75) is 0 Å². The summed E-state index contributed by atoms with van der Waals surface area (Å²) in [6.45, 7) is 0. The summed E-state index contributed by atoms with van der Waals surface area (Å²) in [6, 6.07) is 1.23. The predicted molar refractivity (Wildman–Crippen MR) is 46.9 cm³/mol. The van der Waals surface area contributed by atoms with Crippen LogP contribution in [-0.4, -0.2) is 17.0 Å². The van der Waals surface area contributed by atoms with E-state index in [1.807, 2.05) is 0 Å². The molecule has 0 aliphatic heterocycles. The van der Waals surface area contributed by atoms with Gasteiger partial charge in [0.25, 0.3) is 0 Å². The zero-order valence-electron chi connectivity index (χ0n) is 6.65.